The minimum Gasteiger partial charge on any atom is -0.497 e. The molecule has 0 aliphatic rings. The summed E-state index contributed by atoms with van der Waals surface area (Å²) in [5.41, 5.74) is 1.31. The summed E-state index contributed by atoms with van der Waals surface area (Å²) in [5, 5.41) is 5.97. The van der Waals surface area contributed by atoms with Crippen molar-refractivity contribution in [3.63, 3.8) is 0 Å². The number of carbonyl (C=O) groups excluding carboxylic acids is 1. The molecule has 0 aliphatic carbocycles. The molecule has 0 amide bonds. The van der Waals surface area contributed by atoms with Crippen LogP contribution in [0.1, 0.15) is 15.9 Å². The van der Waals surface area contributed by atoms with Gasteiger partial charge < -0.3 is 9.57 Å². The molecule has 0 aliphatic heterocycles. The lowest BCUT2D eigenvalue weighted by Gasteiger charge is -2.02. The number of fused-ring (bicyclic) bond motifs is 1. The lowest BCUT2D eigenvalue weighted by Crippen LogP contribution is -2.01. The van der Waals surface area contributed by atoms with E-state index >= 15 is 0 Å². The first-order valence-corrected chi connectivity index (χ1v) is 7.14. The smallest absolute Gasteiger partial charge is 0.365 e. The number of nitrogens with zero attached hydrogens (tertiary/aromatic N) is 1. The molecule has 0 N–H and O–H groups in total. The Bertz CT molecular complexity index is 849. The third kappa shape index (κ3) is 3.37. The highest BCUT2D eigenvalue weighted by Crippen LogP contribution is 2.17. The highest BCUT2D eigenvalue weighted by molar-refractivity contribution is 6.00. The fourth-order valence-electron chi connectivity index (χ4n) is 2.27. The Kier molecular flexibility index (Phi) is 4.34. The van der Waals surface area contributed by atoms with Gasteiger partial charge in [-0.3, -0.25) is 0 Å². The van der Waals surface area contributed by atoms with Crippen molar-refractivity contribution < 1.29 is 14.4 Å². The summed E-state index contributed by atoms with van der Waals surface area (Å²) >= 11 is 0. The fraction of sp³-hybridized carbons (Fsp3) is 0.0526. The first-order valence-electron chi connectivity index (χ1n) is 7.14. The standard InChI is InChI=1S/C19H15NO3/c1-22-17-11-9-15(10-12-17)19(21)23-20-13-16-7-4-6-14-5-2-3-8-18(14)16/h2-13H,1H3/b20-13-. The van der Waals surface area contributed by atoms with Gasteiger partial charge in [-0.25, -0.2) is 4.79 Å². The van der Waals surface area contributed by atoms with Gasteiger partial charge >= 0.3 is 5.97 Å². The molecule has 0 fully saturated rings. The van der Waals surface area contributed by atoms with Crippen molar-refractivity contribution in [3.8, 4) is 5.75 Å². The van der Waals surface area contributed by atoms with E-state index < -0.39 is 5.97 Å². The highest BCUT2D eigenvalue weighted by atomic mass is 16.7. The van der Waals surface area contributed by atoms with E-state index in [4.69, 9.17) is 9.57 Å². The monoisotopic (exact) mass is 305 g/mol. The Morgan fingerprint density at radius 2 is 1.70 bits per heavy atom. The minimum absolute atomic E-state index is 0.417. The molecule has 0 saturated carbocycles. The highest BCUT2D eigenvalue weighted by Gasteiger charge is 2.06. The topological polar surface area (TPSA) is 47.9 Å². The van der Waals surface area contributed by atoms with Crippen LogP contribution in [0.15, 0.2) is 71.9 Å². The first-order chi connectivity index (χ1) is 11.3. The minimum atomic E-state index is -0.510. The van der Waals surface area contributed by atoms with Crippen molar-refractivity contribution in [2.45, 2.75) is 0 Å². The summed E-state index contributed by atoms with van der Waals surface area (Å²) in [6.45, 7) is 0. The number of oxime groups is 1. The van der Waals surface area contributed by atoms with Crippen molar-refractivity contribution in [2.75, 3.05) is 7.11 Å². The van der Waals surface area contributed by atoms with Crippen LogP contribution in [0.3, 0.4) is 0 Å². The summed E-state index contributed by atoms with van der Waals surface area (Å²) in [7, 11) is 1.57. The van der Waals surface area contributed by atoms with Crippen molar-refractivity contribution >= 4 is 23.0 Å². The van der Waals surface area contributed by atoms with Crippen LogP contribution in [0.25, 0.3) is 10.8 Å². The van der Waals surface area contributed by atoms with E-state index in [9.17, 15) is 4.79 Å². The van der Waals surface area contributed by atoms with Crippen LogP contribution in [-0.2, 0) is 4.84 Å². The van der Waals surface area contributed by atoms with E-state index in [-0.39, 0.29) is 0 Å². The molecule has 3 aromatic rings. The zero-order chi connectivity index (χ0) is 16.1. The number of methoxy groups -OCH3 is 1. The van der Waals surface area contributed by atoms with Gasteiger partial charge in [0.2, 0.25) is 0 Å². The predicted molar refractivity (Wildman–Crippen MR) is 90.0 cm³/mol. The Morgan fingerprint density at radius 1 is 0.957 bits per heavy atom. The number of hydrogen-bond donors (Lipinski definition) is 0. The Hall–Kier alpha value is -3.14. The average Bonchev–Trinajstić information content (AvgIpc) is 2.62. The van der Waals surface area contributed by atoms with Crippen LogP contribution in [0.2, 0.25) is 0 Å². The third-order valence-corrected chi connectivity index (χ3v) is 3.48. The van der Waals surface area contributed by atoms with Gasteiger partial charge in [-0.15, -0.1) is 0 Å². The number of ether oxygens (including phenoxy) is 1. The fourth-order valence-corrected chi connectivity index (χ4v) is 2.27. The van der Waals surface area contributed by atoms with E-state index in [0.717, 1.165) is 16.3 Å². The Morgan fingerprint density at radius 3 is 2.48 bits per heavy atom. The van der Waals surface area contributed by atoms with Crippen molar-refractivity contribution in [3.05, 3.63) is 77.9 Å². The molecule has 0 spiro atoms. The summed E-state index contributed by atoms with van der Waals surface area (Å²) in [6.07, 6.45) is 1.55. The normalized spacial score (nSPS) is 10.8. The molecule has 0 heterocycles. The lowest BCUT2D eigenvalue weighted by atomic mass is 10.1. The summed E-state index contributed by atoms with van der Waals surface area (Å²) in [4.78, 5) is 16.9. The van der Waals surface area contributed by atoms with Crippen LogP contribution in [0.4, 0.5) is 0 Å². The molecule has 23 heavy (non-hydrogen) atoms. The predicted octanol–water partition coefficient (Wildman–Crippen LogP) is 4.04. The summed E-state index contributed by atoms with van der Waals surface area (Å²) in [6, 6.07) is 20.5. The van der Waals surface area contributed by atoms with Crippen LogP contribution in [-0.4, -0.2) is 19.3 Å². The van der Waals surface area contributed by atoms with Crippen molar-refractivity contribution in [1.82, 2.24) is 0 Å². The van der Waals surface area contributed by atoms with Gasteiger partial charge in [0.15, 0.2) is 0 Å². The van der Waals surface area contributed by atoms with Gasteiger partial charge in [0.05, 0.1) is 18.9 Å². The number of benzene rings is 3. The Labute approximate surface area is 134 Å². The molecule has 0 atom stereocenters. The molecule has 114 valence electrons. The molecular formula is C19H15NO3. The first kappa shape index (κ1) is 14.8. The van der Waals surface area contributed by atoms with E-state index in [1.165, 1.54) is 0 Å². The van der Waals surface area contributed by atoms with Crippen LogP contribution in [0, 0.1) is 0 Å². The molecule has 0 radical (unpaired) electrons. The second-order valence-electron chi connectivity index (χ2n) is 4.91. The SMILES string of the molecule is COc1ccc(C(=O)O/N=C\c2cccc3ccccc23)cc1. The maximum absolute atomic E-state index is 11.9. The van der Waals surface area contributed by atoms with E-state index in [2.05, 4.69) is 5.16 Å². The van der Waals surface area contributed by atoms with Crippen LogP contribution >= 0.6 is 0 Å². The maximum atomic E-state index is 11.9. The van der Waals surface area contributed by atoms with Crippen molar-refractivity contribution in [2.24, 2.45) is 5.16 Å². The molecular weight excluding hydrogens is 290 g/mol. The number of carbonyl (C=O) groups is 1. The molecule has 3 aromatic carbocycles. The van der Waals surface area contributed by atoms with Gasteiger partial charge in [-0.2, -0.15) is 0 Å². The molecule has 0 aromatic heterocycles. The third-order valence-electron chi connectivity index (χ3n) is 3.48. The van der Waals surface area contributed by atoms with Gasteiger partial charge in [0.25, 0.3) is 0 Å². The van der Waals surface area contributed by atoms with Crippen LogP contribution in [0.5, 0.6) is 5.75 Å². The van der Waals surface area contributed by atoms with Gasteiger partial charge in [0.1, 0.15) is 5.75 Å². The van der Waals surface area contributed by atoms with E-state index in [1.807, 2.05) is 42.5 Å². The second-order valence-corrected chi connectivity index (χ2v) is 4.91. The number of hydrogen-bond acceptors (Lipinski definition) is 4. The molecule has 4 nitrogen and oxygen atoms in total. The number of rotatable bonds is 4. The second kappa shape index (κ2) is 6.75. The molecule has 3 rings (SSSR count). The van der Waals surface area contributed by atoms with Gasteiger partial charge in [0, 0.05) is 5.56 Å². The maximum Gasteiger partial charge on any atom is 0.365 e. The Balaban J connectivity index is 1.73. The van der Waals surface area contributed by atoms with E-state index in [0.29, 0.717) is 11.3 Å². The molecule has 4 heteroatoms. The van der Waals surface area contributed by atoms with Gasteiger partial charge in [-0.05, 0) is 35.0 Å². The average molecular weight is 305 g/mol. The largest absolute Gasteiger partial charge is 0.497 e. The lowest BCUT2D eigenvalue weighted by molar-refractivity contribution is 0.0519. The molecule has 0 saturated heterocycles. The van der Waals surface area contributed by atoms with Gasteiger partial charge in [-0.1, -0.05) is 47.6 Å². The molecule has 0 unspecified atom stereocenters. The van der Waals surface area contributed by atoms with Crippen LogP contribution < -0.4 is 4.74 Å². The molecule has 0 bridgehead atoms. The zero-order valence-electron chi connectivity index (χ0n) is 12.6. The summed E-state index contributed by atoms with van der Waals surface area (Å²) < 4.78 is 5.05. The quantitative estimate of drug-likeness (QED) is 0.415. The zero-order valence-corrected chi connectivity index (χ0v) is 12.6. The van der Waals surface area contributed by atoms with Crippen molar-refractivity contribution in [1.29, 1.82) is 0 Å². The van der Waals surface area contributed by atoms with E-state index in [1.54, 1.807) is 37.6 Å². The summed E-state index contributed by atoms with van der Waals surface area (Å²) in [5.74, 6) is 0.171.